The fraction of sp³-hybridized carbons (Fsp3) is 0.526. The van der Waals surface area contributed by atoms with E-state index < -0.39 is 67.3 Å². The second kappa shape index (κ2) is 10.8. The van der Waals surface area contributed by atoms with Gasteiger partial charge in [0.2, 0.25) is 11.8 Å². The van der Waals surface area contributed by atoms with Gasteiger partial charge < -0.3 is 44.3 Å². The Balaban J connectivity index is 1.17. The third kappa shape index (κ3) is 5.73. The predicted octanol–water partition coefficient (Wildman–Crippen LogP) is -0.693. The monoisotopic (exact) mass is 607 g/mol. The number of aromatic amines is 2. The highest BCUT2D eigenvalue weighted by Crippen LogP contribution is 2.46. The van der Waals surface area contributed by atoms with Gasteiger partial charge in [0.15, 0.2) is 11.9 Å². The number of aliphatic hydroxyl groups is 2. The van der Waals surface area contributed by atoms with E-state index in [-0.39, 0.29) is 22.8 Å². The highest BCUT2D eigenvalue weighted by molar-refractivity contribution is 8.07. The molecule has 3 aromatic rings. The zero-order chi connectivity index (χ0) is 28.1. The Hall–Kier alpha value is -2.45. The summed E-state index contributed by atoms with van der Waals surface area (Å²) >= 11 is 10.2. The van der Waals surface area contributed by atoms with Crippen LogP contribution >= 0.6 is 18.9 Å². The van der Waals surface area contributed by atoms with Crippen LogP contribution in [0.25, 0.3) is 11.2 Å². The van der Waals surface area contributed by atoms with Crippen LogP contribution in [0.5, 0.6) is 0 Å². The van der Waals surface area contributed by atoms with E-state index in [0.29, 0.717) is 18.4 Å². The van der Waals surface area contributed by atoms with Gasteiger partial charge in [-0.2, -0.15) is 9.37 Å². The number of halogens is 1. The standard InChI is InChI=1S/C19H23FN7O9PS2/c20-8-3-26(19(31)24-15(8)30)10-2-1-7(35-10)4-33-37(32,39)34-5-9-12(28)13(29)17(36-9)27-6-22-11-14(27)23-18(21)25-16(11)38/h3,6-7,9-10,12-13,17,28-29H,1-2,4-5H2,(H,32,39)(H,24,30,31)(H3,21,23,25,38)/t7-,9+,10+,12-,13?,17+,37?/m0/s1. The maximum Gasteiger partial charge on any atom is 0.330 e. The Labute approximate surface area is 227 Å². The molecule has 16 nitrogen and oxygen atoms in total. The normalized spacial score (nSPS) is 28.7. The van der Waals surface area contributed by atoms with Crippen molar-refractivity contribution in [2.24, 2.45) is 0 Å². The van der Waals surface area contributed by atoms with E-state index in [1.165, 1.54) is 10.9 Å². The van der Waals surface area contributed by atoms with Gasteiger partial charge in [-0.15, -0.1) is 0 Å². The van der Waals surface area contributed by atoms with Crippen molar-refractivity contribution < 1.29 is 38.0 Å². The molecule has 0 radical (unpaired) electrons. The Morgan fingerprint density at radius 2 is 1.92 bits per heavy atom. The lowest BCUT2D eigenvalue weighted by Crippen LogP contribution is -2.34. The molecule has 2 unspecified atom stereocenters. The first kappa shape index (κ1) is 28.1. The van der Waals surface area contributed by atoms with Crippen molar-refractivity contribution in [1.82, 2.24) is 29.1 Å². The predicted molar refractivity (Wildman–Crippen MR) is 136 cm³/mol. The maximum absolute atomic E-state index is 13.6. The van der Waals surface area contributed by atoms with Gasteiger partial charge in [-0.3, -0.25) is 18.9 Å². The number of aromatic nitrogens is 6. The van der Waals surface area contributed by atoms with Crippen molar-refractivity contribution in [3.05, 3.63) is 43.8 Å². The lowest BCUT2D eigenvalue weighted by molar-refractivity contribution is -0.0517. The number of fused-ring (bicyclic) bond motifs is 1. The van der Waals surface area contributed by atoms with E-state index in [4.69, 9.17) is 48.3 Å². The van der Waals surface area contributed by atoms with Crippen molar-refractivity contribution in [2.75, 3.05) is 18.9 Å². The summed E-state index contributed by atoms with van der Waals surface area (Å²) in [5.74, 6) is -1.11. The molecule has 212 valence electrons. The fourth-order valence-corrected chi connectivity index (χ4v) is 5.68. The van der Waals surface area contributed by atoms with Crippen molar-refractivity contribution in [3.63, 3.8) is 0 Å². The molecule has 5 rings (SSSR count). The fourth-order valence-electron chi connectivity index (χ4n) is 4.30. The molecule has 0 spiro atoms. The number of nitrogens with two attached hydrogens (primary N) is 1. The second-order valence-corrected chi connectivity index (χ2v) is 12.1. The van der Waals surface area contributed by atoms with Crippen molar-refractivity contribution in [1.29, 1.82) is 0 Å². The topological polar surface area (TPSA) is 225 Å². The van der Waals surface area contributed by atoms with Gasteiger partial charge in [0.05, 0.1) is 31.8 Å². The molecule has 0 aromatic carbocycles. The zero-order valence-corrected chi connectivity index (χ0v) is 22.3. The van der Waals surface area contributed by atoms with Gasteiger partial charge >= 0.3 is 12.4 Å². The number of ether oxygens (including phenoxy) is 2. The van der Waals surface area contributed by atoms with Crippen molar-refractivity contribution in [3.8, 4) is 0 Å². The molecule has 2 saturated heterocycles. The number of aliphatic hydroxyl groups excluding tert-OH is 2. The molecule has 5 heterocycles. The molecule has 0 aliphatic carbocycles. The Bertz CT molecular complexity index is 1610. The Morgan fingerprint density at radius 3 is 2.69 bits per heavy atom. The molecule has 7 N–H and O–H groups in total. The molecule has 0 amide bonds. The third-order valence-electron chi connectivity index (χ3n) is 6.21. The number of nitrogens with zero attached hydrogens (tertiary/aromatic N) is 4. The highest BCUT2D eigenvalue weighted by Gasteiger charge is 2.45. The summed E-state index contributed by atoms with van der Waals surface area (Å²) in [5, 5.41) is 21.1. The molecule has 2 aliphatic rings. The largest absolute Gasteiger partial charge is 0.387 e. The van der Waals surface area contributed by atoms with E-state index >= 15 is 0 Å². The maximum atomic E-state index is 13.6. The second-order valence-electron chi connectivity index (χ2n) is 8.82. The number of nitrogen functional groups attached to an aromatic ring is 1. The number of anilines is 1. The lowest BCUT2D eigenvalue weighted by Gasteiger charge is -2.21. The number of hydrogen-bond acceptors (Lipinski definition) is 13. The van der Waals surface area contributed by atoms with E-state index in [0.717, 1.165) is 10.8 Å². The quantitative estimate of drug-likeness (QED) is 0.138. The van der Waals surface area contributed by atoms with Crippen LogP contribution in [0.15, 0.2) is 22.1 Å². The molecule has 20 heteroatoms. The smallest absolute Gasteiger partial charge is 0.330 e. The van der Waals surface area contributed by atoms with Gasteiger partial charge in [0.25, 0.3) is 5.56 Å². The molecule has 3 aromatic heterocycles. The first-order valence-electron chi connectivity index (χ1n) is 11.5. The number of H-pyrrole nitrogens is 2. The zero-order valence-electron chi connectivity index (χ0n) is 19.7. The van der Waals surface area contributed by atoms with Crippen LogP contribution in [0.1, 0.15) is 25.3 Å². The van der Waals surface area contributed by atoms with Gasteiger partial charge in [-0.25, -0.2) is 9.78 Å². The molecule has 0 saturated carbocycles. The average molecular weight is 608 g/mol. The summed E-state index contributed by atoms with van der Waals surface area (Å²) in [5.41, 5.74) is 4.30. The SMILES string of the molecule is Nc1nc2c(ncn2[C@@H]2O[C@H](COP(O)(=S)OC[C@@H]3CC[C@H](n4cc(F)c(=O)[nH]c4=O)O3)[C@H](O)C2O)c(=S)[nH]1. The minimum atomic E-state index is -3.85. The first-order valence-corrected chi connectivity index (χ1v) is 14.5. The van der Waals surface area contributed by atoms with E-state index in [9.17, 15) is 29.1 Å². The third-order valence-corrected chi connectivity index (χ3v) is 8.09. The minimum Gasteiger partial charge on any atom is -0.387 e. The summed E-state index contributed by atoms with van der Waals surface area (Å²) in [4.78, 5) is 46.4. The van der Waals surface area contributed by atoms with Gasteiger partial charge in [-0.05, 0) is 24.6 Å². The Kier molecular flexibility index (Phi) is 7.81. The highest BCUT2D eigenvalue weighted by atomic mass is 32.5. The minimum absolute atomic E-state index is 0.0239. The summed E-state index contributed by atoms with van der Waals surface area (Å²) in [6.45, 7) is -4.49. The number of nitrogens with one attached hydrogen (secondary N) is 2. The molecular weight excluding hydrogens is 584 g/mol. The first-order chi connectivity index (χ1) is 18.4. The van der Waals surface area contributed by atoms with Crippen LogP contribution in [-0.4, -0.2) is 81.8 Å². The molecule has 0 bridgehead atoms. The number of imidazole rings is 1. The van der Waals surface area contributed by atoms with Crippen LogP contribution in [0, 0.1) is 10.5 Å². The van der Waals surface area contributed by atoms with Crippen LogP contribution < -0.4 is 17.0 Å². The molecule has 39 heavy (non-hydrogen) atoms. The molecule has 7 atom stereocenters. The van der Waals surface area contributed by atoms with E-state index in [2.05, 4.69) is 15.0 Å². The van der Waals surface area contributed by atoms with Crippen LogP contribution in [-0.2, 0) is 30.3 Å². The van der Waals surface area contributed by atoms with Crippen LogP contribution in [0.2, 0.25) is 0 Å². The Morgan fingerprint density at radius 1 is 1.18 bits per heavy atom. The van der Waals surface area contributed by atoms with E-state index in [1.54, 1.807) is 0 Å². The van der Waals surface area contributed by atoms with E-state index in [1.807, 2.05) is 4.98 Å². The molecule has 2 aliphatic heterocycles. The number of hydrogen-bond donors (Lipinski definition) is 6. The summed E-state index contributed by atoms with van der Waals surface area (Å²) in [6, 6.07) is 0. The van der Waals surface area contributed by atoms with Crippen LogP contribution in [0.4, 0.5) is 10.3 Å². The molecular formula is C19H23FN7O9PS2. The molecule has 2 fully saturated rings. The summed E-state index contributed by atoms with van der Waals surface area (Å²) in [7, 11) is 0. The van der Waals surface area contributed by atoms with Gasteiger partial charge in [0, 0.05) is 0 Å². The van der Waals surface area contributed by atoms with Crippen molar-refractivity contribution >= 4 is 47.9 Å². The van der Waals surface area contributed by atoms with Gasteiger partial charge in [0.1, 0.15) is 34.7 Å². The van der Waals surface area contributed by atoms with Crippen molar-refractivity contribution in [2.45, 2.75) is 49.7 Å². The summed E-state index contributed by atoms with van der Waals surface area (Å²) in [6.07, 6.45) is -3.76. The van der Waals surface area contributed by atoms with Gasteiger partial charge in [-0.1, -0.05) is 12.2 Å². The lowest BCUT2D eigenvalue weighted by atomic mass is 10.1. The average Bonchev–Trinajstić information content (AvgIpc) is 3.58. The number of rotatable bonds is 8. The summed E-state index contributed by atoms with van der Waals surface area (Å²) < 4.78 is 38.2. The van der Waals surface area contributed by atoms with Crippen LogP contribution in [0.3, 0.4) is 0 Å².